The minimum atomic E-state index is -3.18. The van der Waals surface area contributed by atoms with E-state index in [2.05, 4.69) is 35.9 Å². The van der Waals surface area contributed by atoms with E-state index in [0.29, 0.717) is 24.2 Å². The minimum absolute atomic E-state index is 0.100. The van der Waals surface area contributed by atoms with Crippen LogP contribution in [0.3, 0.4) is 0 Å². The Morgan fingerprint density at radius 3 is 2.31 bits per heavy atom. The number of pyridine rings is 1. The van der Waals surface area contributed by atoms with Gasteiger partial charge in [-0.25, -0.2) is 0 Å². The molecule has 0 radical (unpaired) electrons. The first-order valence-corrected chi connectivity index (χ1v) is 24.8. The van der Waals surface area contributed by atoms with E-state index < -0.39 is 18.4 Å². The quantitative estimate of drug-likeness (QED) is 0.261. The van der Waals surface area contributed by atoms with Gasteiger partial charge in [-0.1, -0.05) is 0 Å². The predicted octanol–water partition coefficient (Wildman–Crippen LogP) is 5.95. The van der Waals surface area contributed by atoms with Crippen LogP contribution in [0, 0.1) is 5.82 Å². The zero-order valence-electron chi connectivity index (χ0n) is 26.4. The number of hydrogen-bond donors (Lipinski definition) is 1. The van der Waals surface area contributed by atoms with Crippen molar-refractivity contribution < 1.29 is 9.13 Å². The van der Waals surface area contributed by atoms with Gasteiger partial charge >= 0.3 is 258 Å². The number of ether oxygens (including phenoxy) is 1. The molecule has 6 rings (SSSR count). The summed E-state index contributed by atoms with van der Waals surface area (Å²) in [5, 5.41) is 4.44. The Morgan fingerprint density at radius 2 is 1.64 bits per heavy atom. The van der Waals surface area contributed by atoms with Crippen LogP contribution in [-0.4, -0.2) is 89.1 Å². The van der Waals surface area contributed by atoms with Crippen LogP contribution in [0.25, 0.3) is 10.9 Å². The van der Waals surface area contributed by atoms with Crippen molar-refractivity contribution in [3.05, 3.63) is 11.5 Å². The number of unbranched alkanes of at least 4 members (excludes halogenated alkanes) is 3. The van der Waals surface area contributed by atoms with Crippen molar-refractivity contribution in [3.63, 3.8) is 0 Å². The van der Waals surface area contributed by atoms with Crippen LogP contribution in [0.4, 0.5) is 10.2 Å². The molecule has 2 aromatic rings. The number of rotatable bonds is 13. The van der Waals surface area contributed by atoms with Crippen LogP contribution in [0.2, 0.25) is 13.3 Å². The van der Waals surface area contributed by atoms with Gasteiger partial charge < -0.3 is 0 Å². The summed E-state index contributed by atoms with van der Waals surface area (Å²) in [5.41, 5.74) is 1.63. The Balaban J connectivity index is 1.48. The fraction of sp³-hybridized carbons (Fsp3) is 0.788. The van der Waals surface area contributed by atoms with Gasteiger partial charge in [0.25, 0.3) is 0 Å². The third kappa shape index (κ3) is 5.78. The first-order chi connectivity index (χ1) is 20.5. The van der Waals surface area contributed by atoms with Crippen LogP contribution in [0.15, 0.2) is 0 Å². The number of aromatic nitrogens is 3. The van der Waals surface area contributed by atoms with E-state index >= 15 is 4.39 Å². The van der Waals surface area contributed by atoms with Gasteiger partial charge in [0, 0.05) is 0 Å². The Hall–Kier alpha value is -1.26. The van der Waals surface area contributed by atoms with Gasteiger partial charge in [-0.3, -0.25) is 0 Å². The predicted molar refractivity (Wildman–Crippen MR) is 172 cm³/mol. The van der Waals surface area contributed by atoms with E-state index in [1.807, 2.05) is 0 Å². The summed E-state index contributed by atoms with van der Waals surface area (Å²) in [6, 6.07) is 0.695. The van der Waals surface area contributed by atoms with Gasteiger partial charge in [-0.2, -0.15) is 0 Å². The first kappa shape index (κ1) is 30.8. The molecule has 0 aliphatic carbocycles. The molecule has 1 N–H and O–H groups in total. The van der Waals surface area contributed by atoms with Gasteiger partial charge in [0.2, 0.25) is 0 Å². The second kappa shape index (κ2) is 13.4. The standard InChI is InChI=1S/C21H26FN6O.3C4H9.Sn/c22-15-12-24-16-4-3-14-11-23-7-10-28(14)19-17(16)18(15)25-20(26-19)29-13-21-5-1-8-27(21)9-2-6-21;3*1-3-4-2;/h14,23H,1-11,13H2;3*1,3-4H2,2H3;. The molecule has 42 heavy (non-hydrogen) atoms. The number of nitrogens with one attached hydrogen (secondary N) is 1. The van der Waals surface area contributed by atoms with Gasteiger partial charge in [0.05, 0.1) is 0 Å². The molecule has 1 unspecified atom stereocenters. The molecule has 232 valence electrons. The molecule has 1 atom stereocenters. The Morgan fingerprint density at radius 1 is 0.952 bits per heavy atom. The molecule has 6 heterocycles. The van der Waals surface area contributed by atoms with E-state index in [9.17, 15) is 0 Å². The maximum atomic E-state index is 17.3. The Kier molecular flexibility index (Phi) is 9.80. The zero-order chi connectivity index (χ0) is 29.2. The summed E-state index contributed by atoms with van der Waals surface area (Å²) in [4.78, 5) is 20.5. The van der Waals surface area contributed by atoms with E-state index in [1.54, 1.807) is 0 Å². The third-order valence-electron chi connectivity index (χ3n) is 11.0. The zero-order valence-corrected chi connectivity index (χ0v) is 29.3. The molecule has 9 heteroatoms. The number of fused-ring (bicyclic) bond motifs is 3. The average Bonchev–Trinajstić information content (AvgIpc) is 3.56. The first-order valence-electron chi connectivity index (χ1n) is 17.3. The second-order valence-corrected chi connectivity index (χ2v) is 26.6. The van der Waals surface area contributed by atoms with E-state index in [4.69, 9.17) is 19.7 Å². The molecule has 0 aromatic carbocycles. The molecule has 0 spiro atoms. The van der Waals surface area contributed by atoms with Crippen LogP contribution in [-0.2, 0) is 6.42 Å². The molecule has 0 bridgehead atoms. The summed E-state index contributed by atoms with van der Waals surface area (Å²) in [6.07, 6.45) is 13.7. The van der Waals surface area contributed by atoms with Crippen LogP contribution in [0.1, 0.15) is 97.1 Å². The summed E-state index contributed by atoms with van der Waals surface area (Å²) in [7, 11) is 0. The molecule has 2 aromatic heterocycles. The number of nitrogens with zero attached hydrogens (tertiary/aromatic N) is 5. The van der Waals surface area contributed by atoms with Gasteiger partial charge in [-0.15, -0.1) is 0 Å². The topological polar surface area (TPSA) is 66.4 Å². The number of anilines is 1. The van der Waals surface area contributed by atoms with Gasteiger partial charge in [0.1, 0.15) is 0 Å². The van der Waals surface area contributed by atoms with Crippen LogP contribution < -0.4 is 18.7 Å². The van der Waals surface area contributed by atoms with Crippen LogP contribution in [0.5, 0.6) is 6.01 Å². The summed E-state index contributed by atoms with van der Waals surface area (Å²) in [6.45, 7) is 12.4. The molecule has 4 aliphatic heterocycles. The number of halogens is 1. The Labute approximate surface area is 256 Å². The van der Waals surface area contributed by atoms with Crippen molar-refractivity contribution in [1.29, 1.82) is 0 Å². The fourth-order valence-corrected chi connectivity index (χ4v) is 24.3. The van der Waals surface area contributed by atoms with Crippen molar-refractivity contribution in [3.8, 4) is 6.01 Å². The fourth-order valence-electron chi connectivity index (χ4n) is 8.55. The van der Waals surface area contributed by atoms with E-state index in [0.717, 1.165) is 85.4 Å². The second-order valence-electron chi connectivity index (χ2n) is 13.7. The molecular formula is C33H53FN6OSn. The average molecular weight is 688 g/mol. The summed E-state index contributed by atoms with van der Waals surface area (Å²) < 4.78 is 28.3. The normalized spacial score (nSPS) is 21.9. The van der Waals surface area contributed by atoms with Crippen molar-refractivity contribution >= 4 is 38.8 Å². The summed E-state index contributed by atoms with van der Waals surface area (Å²) in [5.74, 6) is 0.729. The van der Waals surface area contributed by atoms with Gasteiger partial charge in [-0.05, 0) is 0 Å². The SMILES string of the molecule is CCC[CH2][Sn]([CH2]CCC)([CH2]CCC)[c]1nc2c3c(nc(OCC45CCCN4CCC5)nc3c1F)N1CCNCC1CC2. The van der Waals surface area contributed by atoms with Crippen molar-refractivity contribution in [2.45, 2.75) is 123 Å². The van der Waals surface area contributed by atoms with E-state index in [1.165, 1.54) is 58.3 Å². The molecule has 7 nitrogen and oxygen atoms in total. The third-order valence-corrected chi connectivity index (χ3v) is 26.0. The van der Waals surface area contributed by atoms with Crippen LogP contribution >= 0.6 is 0 Å². The molecular weight excluding hydrogens is 634 g/mol. The number of hydrogen-bond acceptors (Lipinski definition) is 7. The van der Waals surface area contributed by atoms with Crippen molar-refractivity contribution in [2.24, 2.45) is 0 Å². The van der Waals surface area contributed by atoms with Crippen molar-refractivity contribution in [2.75, 3.05) is 44.2 Å². The molecule has 4 aliphatic rings. The van der Waals surface area contributed by atoms with E-state index in [-0.39, 0.29) is 11.4 Å². The molecule has 0 amide bonds. The maximum absolute atomic E-state index is 17.3. The molecule has 0 saturated carbocycles. The van der Waals surface area contributed by atoms with Crippen molar-refractivity contribution in [1.82, 2.24) is 25.2 Å². The number of piperazine rings is 1. The number of aryl methyl sites for hydroxylation is 1. The molecule has 3 saturated heterocycles. The molecule has 3 fully saturated rings. The van der Waals surface area contributed by atoms with Gasteiger partial charge in [0.15, 0.2) is 0 Å². The monoisotopic (exact) mass is 688 g/mol. The Bertz CT molecular complexity index is 1210. The summed E-state index contributed by atoms with van der Waals surface area (Å²) >= 11 is -3.18.